The lowest BCUT2D eigenvalue weighted by Gasteiger charge is -2.04. The van der Waals surface area contributed by atoms with E-state index in [0.717, 1.165) is 5.56 Å². The summed E-state index contributed by atoms with van der Waals surface area (Å²) in [4.78, 5) is 12.1. The minimum absolute atomic E-state index is 0.0690. The second-order valence-corrected chi connectivity index (χ2v) is 4.95. The molecule has 1 aromatic carbocycles. The Labute approximate surface area is 128 Å². The summed E-state index contributed by atoms with van der Waals surface area (Å²) in [7, 11) is 0. The molecule has 22 heavy (non-hydrogen) atoms. The molecule has 0 atom stereocenters. The van der Waals surface area contributed by atoms with Gasteiger partial charge in [-0.3, -0.25) is 5.32 Å². The Bertz CT molecular complexity index is 947. The second-order valence-electron chi connectivity index (χ2n) is 4.51. The van der Waals surface area contributed by atoms with Crippen LogP contribution in [0.25, 0.3) is 22.4 Å². The van der Waals surface area contributed by atoms with Crippen LogP contribution in [0.1, 0.15) is 5.56 Å². The molecule has 4 N–H and O–H groups in total. The quantitative estimate of drug-likeness (QED) is 0.475. The molecular weight excluding hydrogens is 308 g/mol. The largest absolute Gasteiger partial charge is 0.506 e. The van der Waals surface area contributed by atoms with Crippen molar-refractivity contribution in [3.63, 3.8) is 0 Å². The third-order valence-corrected chi connectivity index (χ3v) is 3.01. The molecular formula is C13H10N4O4S. The molecule has 3 aromatic rings. The molecule has 0 spiro atoms. The van der Waals surface area contributed by atoms with Crippen molar-refractivity contribution in [1.82, 2.24) is 10.2 Å². The molecule has 8 nitrogen and oxygen atoms in total. The van der Waals surface area contributed by atoms with E-state index in [1.165, 1.54) is 0 Å². The van der Waals surface area contributed by atoms with Gasteiger partial charge in [0.2, 0.25) is 0 Å². The Kier molecular flexibility index (Phi) is 3.26. The van der Waals surface area contributed by atoms with Gasteiger partial charge >= 0.3 is 11.6 Å². The maximum absolute atomic E-state index is 12.1. The fourth-order valence-electron chi connectivity index (χ4n) is 1.96. The van der Waals surface area contributed by atoms with E-state index < -0.39 is 5.63 Å². The molecule has 0 amide bonds. The standard InChI is InChI=1S/C13H10N4O4S/c1-5-2-3-6-7(4-5)20-11(19)8(9(6)18)10-16-17-13(21-10)15-12(14)22/h2-4,18H,1H3,(H3,14,15,17,22). The molecule has 2 aromatic heterocycles. The van der Waals surface area contributed by atoms with Gasteiger partial charge in [0.1, 0.15) is 11.3 Å². The molecule has 2 heterocycles. The predicted molar refractivity (Wildman–Crippen MR) is 82.6 cm³/mol. The Morgan fingerprint density at radius 3 is 2.86 bits per heavy atom. The summed E-state index contributed by atoms with van der Waals surface area (Å²) in [6.07, 6.45) is 0. The third kappa shape index (κ3) is 2.37. The number of hydrogen-bond donors (Lipinski definition) is 3. The number of nitrogens with two attached hydrogens (primary N) is 1. The van der Waals surface area contributed by atoms with Gasteiger partial charge in [-0.15, -0.1) is 5.10 Å². The fraction of sp³-hybridized carbons (Fsp3) is 0.0769. The third-order valence-electron chi connectivity index (χ3n) is 2.90. The molecule has 3 rings (SSSR count). The Morgan fingerprint density at radius 2 is 2.14 bits per heavy atom. The second kappa shape index (κ2) is 5.11. The van der Waals surface area contributed by atoms with Crippen LogP contribution in [0.3, 0.4) is 0 Å². The van der Waals surface area contributed by atoms with Gasteiger partial charge in [0, 0.05) is 0 Å². The molecule has 0 aliphatic heterocycles. The van der Waals surface area contributed by atoms with Gasteiger partial charge in [0.25, 0.3) is 5.89 Å². The summed E-state index contributed by atoms with van der Waals surface area (Å²) in [6.45, 7) is 1.84. The SMILES string of the molecule is Cc1ccc2c(O)c(-c3nnc(NC(N)=S)o3)c(=O)oc2c1. The van der Waals surface area contributed by atoms with Crippen LogP contribution in [-0.2, 0) is 0 Å². The zero-order valence-electron chi connectivity index (χ0n) is 11.3. The highest BCUT2D eigenvalue weighted by molar-refractivity contribution is 7.80. The molecule has 0 radical (unpaired) electrons. The van der Waals surface area contributed by atoms with Crippen LogP contribution in [0.4, 0.5) is 6.01 Å². The molecule has 0 saturated carbocycles. The molecule has 0 fully saturated rings. The summed E-state index contributed by atoms with van der Waals surface area (Å²) in [5, 5.41) is 20.3. The molecule has 0 aliphatic rings. The number of aromatic hydroxyl groups is 1. The lowest BCUT2D eigenvalue weighted by atomic mass is 10.1. The lowest BCUT2D eigenvalue weighted by Crippen LogP contribution is -2.18. The summed E-state index contributed by atoms with van der Waals surface area (Å²) in [6, 6.07) is 4.97. The van der Waals surface area contributed by atoms with E-state index in [-0.39, 0.29) is 33.9 Å². The van der Waals surface area contributed by atoms with Crippen molar-refractivity contribution < 1.29 is 13.9 Å². The van der Waals surface area contributed by atoms with Crippen LogP contribution in [0.5, 0.6) is 5.75 Å². The average molecular weight is 318 g/mol. The maximum atomic E-state index is 12.1. The Balaban J connectivity index is 2.18. The molecule has 0 aliphatic carbocycles. The van der Waals surface area contributed by atoms with Crippen molar-refractivity contribution >= 4 is 34.3 Å². The van der Waals surface area contributed by atoms with Gasteiger partial charge in [-0.05, 0) is 36.8 Å². The van der Waals surface area contributed by atoms with Crippen LogP contribution in [-0.4, -0.2) is 20.4 Å². The predicted octanol–water partition coefficient (Wildman–Crippen LogP) is 1.51. The van der Waals surface area contributed by atoms with Crippen LogP contribution < -0.4 is 16.7 Å². The zero-order chi connectivity index (χ0) is 15.9. The van der Waals surface area contributed by atoms with Gasteiger partial charge in [0.05, 0.1) is 5.39 Å². The van der Waals surface area contributed by atoms with Crippen molar-refractivity contribution in [3.05, 3.63) is 34.2 Å². The van der Waals surface area contributed by atoms with Crippen LogP contribution in [0.15, 0.2) is 31.8 Å². The number of thiocarbonyl (C=S) groups is 1. The summed E-state index contributed by atoms with van der Waals surface area (Å²) in [5.41, 5.74) is 5.43. The van der Waals surface area contributed by atoms with Crippen molar-refractivity contribution in [1.29, 1.82) is 0 Å². The fourth-order valence-corrected chi connectivity index (χ4v) is 2.05. The van der Waals surface area contributed by atoms with Crippen molar-refractivity contribution in [2.45, 2.75) is 6.92 Å². The minimum atomic E-state index is -0.791. The molecule has 0 unspecified atom stereocenters. The number of rotatable bonds is 2. The number of nitrogens with one attached hydrogen (secondary N) is 1. The number of benzene rings is 1. The highest BCUT2D eigenvalue weighted by Gasteiger charge is 2.21. The van der Waals surface area contributed by atoms with Crippen LogP contribution >= 0.6 is 12.2 Å². The van der Waals surface area contributed by atoms with Crippen molar-refractivity contribution in [3.8, 4) is 17.2 Å². The van der Waals surface area contributed by atoms with Crippen molar-refractivity contribution in [2.75, 3.05) is 5.32 Å². The van der Waals surface area contributed by atoms with E-state index in [4.69, 9.17) is 14.6 Å². The highest BCUT2D eigenvalue weighted by Crippen LogP contribution is 2.33. The normalized spacial score (nSPS) is 10.8. The van der Waals surface area contributed by atoms with Crippen LogP contribution in [0.2, 0.25) is 0 Å². The molecule has 112 valence electrons. The maximum Gasteiger partial charge on any atom is 0.353 e. The first-order valence-electron chi connectivity index (χ1n) is 6.12. The summed E-state index contributed by atoms with van der Waals surface area (Å²) in [5.74, 6) is -0.496. The number of anilines is 1. The summed E-state index contributed by atoms with van der Waals surface area (Å²) >= 11 is 4.64. The van der Waals surface area contributed by atoms with Crippen LogP contribution in [0, 0.1) is 6.92 Å². The van der Waals surface area contributed by atoms with E-state index >= 15 is 0 Å². The van der Waals surface area contributed by atoms with E-state index in [2.05, 4.69) is 27.7 Å². The van der Waals surface area contributed by atoms with E-state index in [1.54, 1.807) is 18.2 Å². The average Bonchev–Trinajstić information content (AvgIpc) is 2.85. The highest BCUT2D eigenvalue weighted by atomic mass is 32.1. The van der Waals surface area contributed by atoms with Gasteiger partial charge in [-0.2, -0.15) is 0 Å². The van der Waals surface area contributed by atoms with Gasteiger partial charge in [-0.25, -0.2) is 4.79 Å². The van der Waals surface area contributed by atoms with E-state index in [1.807, 2.05) is 6.92 Å². The minimum Gasteiger partial charge on any atom is -0.506 e. The number of aromatic nitrogens is 2. The Morgan fingerprint density at radius 1 is 1.36 bits per heavy atom. The number of nitrogens with zero attached hydrogens (tertiary/aromatic N) is 2. The zero-order valence-corrected chi connectivity index (χ0v) is 12.1. The lowest BCUT2D eigenvalue weighted by molar-refractivity contribution is 0.465. The van der Waals surface area contributed by atoms with E-state index in [9.17, 15) is 9.90 Å². The first-order valence-corrected chi connectivity index (χ1v) is 6.53. The number of hydrogen-bond acceptors (Lipinski definition) is 7. The molecule has 9 heteroatoms. The first kappa shape index (κ1) is 14.0. The van der Waals surface area contributed by atoms with Crippen molar-refractivity contribution in [2.24, 2.45) is 5.73 Å². The van der Waals surface area contributed by atoms with Gasteiger partial charge in [0.15, 0.2) is 10.7 Å². The summed E-state index contributed by atoms with van der Waals surface area (Å²) < 4.78 is 10.4. The molecule has 0 saturated heterocycles. The van der Waals surface area contributed by atoms with E-state index in [0.29, 0.717) is 5.39 Å². The smallest absolute Gasteiger partial charge is 0.353 e. The topological polar surface area (TPSA) is 127 Å². The Hall–Kier alpha value is -2.94. The monoisotopic (exact) mass is 318 g/mol. The van der Waals surface area contributed by atoms with Gasteiger partial charge in [-0.1, -0.05) is 11.2 Å². The molecule has 0 bridgehead atoms. The first-order chi connectivity index (χ1) is 10.5. The van der Waals surface area contributed by atoms with Gasteiger partial charge < -0.3 is 19.7 Å². The number of aryl methyl sites for hydroxylation is 1. The number of fused-ring (bicyclic) bond motifs is 1.